The molecule has 3 aliphatic heterocycles. The molecule has 1 spiro atoms. The van der Waals surface area contributed by atoms with Gasteiger partial charge < -0.3 is 10.2 Å². The number of pyridine rings is 1. The lowest BCUT2D eigenvalue weighted by Gasteiger charge is -2.38. The number of carbonyl (C=O) groups excluding carboxylic acids is 3. The highest BCUT2D eigenvalue weighted by Crippen LogP contribution is 2.62. The van der Waals surface area contributed by atoms with Crippen molar-refractivity contribution in [3.63, 3.8) is 0 Å². The largest absolute Gasteiger partial charge is 0.358 e. The Morgan fingerprint density at radius 3 is 2.44 bits per heavy atom. The summed E-state index contributed by atoms with van der Waals surface area (Å²) in [5, 5.41) is 3.05. The highest BCUT2D eigenvalue weighted by atomic mass is 16.2. The third kappa shape index (κ3) is 2.90. The molecular weight excluding hydrogens is 450 g/mol. The summed E-state index contributed by atoms with van der Waals surface area (Å²) in [5.41, 5.74) is 1.53. The lowest BCUT2D eigenvalue weighted by atomic mass is 9.62. The first-order chi connectivity index (χ1) is 17.3. The number of aromatic nitrogens is 1. The van der Waals surface area contributed by atoms with Crippen molar-refractivity contribution in [1.29, 1.82) is 0 Å². The summed E-state index contributed by atoms with van der Waals surface area (Å²) in [6, 6.07) is 19.2. The van der Waals surface area contributed by atoms with Crippen LogP contribution in [0, 0.1) is 11.3 Å². The van der Waals surface area contributed by atoms with Crippen LogP contribution in [0.3, 0.4) is 0 Å². The first-order valence-electron chi connectivity index (χ1n) is 12.2. The predicted molar refractivity (Wildman–Crippen MR) is 137 cm³/mol. The van der Waals surface area contributed by atoms with E-state index in [0.717, 1.165) is 16.7 Å². The Morgan fingerprint density at radius 1 is 0.972 bits per heavy atom. The predicted octanol–water partition coefficient (Wildman–Crippen LogP) is 4.80. The Kier molecular flexibility index (Phi) is 4.80. The van der Waals surface area contributed by atoms with Crippen molar-refractivity contribution in [2.75, 3.05) is 5.32 Å². The van der Waals surface area contributed by atoms with E-state index in [-0.39, 0.29) is 23.2 Å². The molecule has 0 aliphatic carbocycles. The van der Waals surface area contributed by atoms with Crippen LogP contribution in [-0.4, -0.2) is 33.4 Å². The summed E-state index contributed by atoms with van der Waals surface area (Å²) in [6.07, 6.45) is 5.43. The van der Waals surface area contributed by atoms with Crippen LogP contribution in [0.2, 0.25) is 0 Å². The number of para-hydroxylation sites is 1. The van der Waals surface area contributed by atoms with Gasteiger partial charge in [-0.3, -0.25) is 19.4 Å². The Balaban J connectivity index is 1.70. The van der Waals surface area contributed by atoms with Crippen molar-refractivity contribution < 1.29 is 14.4 Å². The molecule has 1 N–H and O–H groups in total. The number of hydrogen-bond acceptors (Lipinski definition) is 5. The van der Waals surface area contributed by atoms with Crippen LogP contribution in [0.15, 0.2) is 79.1 Å². The van der Waals surface area contributed by atoms with Gasteiger partial charge in [0.2, 0.25) is 5.91 Å². The molecule has 3 aromatic rings. The van der Waals surface area contributed by atoms with Gasteiger partial charge in [0.15, 0.2) is 11.6 Å². The molecule has 4 atom stereocenters. The minimum absolute atomic E-state index is 0.0835. The Morgan fingerprint density at radius 2 is 1.69 bits per heavy atom. The summed E-state index contributed by atoms with van der Waals surface area (Å²) in [6.45, 7) is 5.59. The molecule has 4 heterocycles. The second kappa shape index (κ2) is 7.72. The zero-order valence-electron chi connectivity index (χ0n) is 20.4. The number of nitrogens with one attached hydrogen (secondary N) is 1. The van der Waals surface area contributed by atoms with E-state index in [9.17, 15) is 14.4 Å². The number of carbonyl (C=O) groups is 3. The van der Waals surface area contributed by atoms with E-state index in [1.807, 2.05) is 86.5 Å². The van der Waals surface area contributed by atoms with E-state index in [1.165, 1.54) is 0 Å². The summed E-state index contributed by atoms with van der Waals surface area (Å²) in [7, 11) is 0. The number of hydrogen-bond donors (Lipinski definition) is 1. The van der Waals surface area contributed by atoms with Crippen molar-refractivity contribution in [1.82, 2.24) is 9.88 Å². The van der Waals surface area contributed by atoms with Crippen LogP contribution >= 0.6 is 0 Å². The maximum atomic E-state index is 14.4. The number of amides is 1. The molecule has 180 valence electrons. The monoisotopic (exact) mass is 477 g/mol. The fourth-order valence-electron chi connectivity index (χ4n) is 6.28. The second-order valence-corrected chi connectivity index (χ2v) is 10.8. The zero-order valence-corrected chi connectivity index (χ0v) is 20.4. The minimum Gasteiger partial charge on any atom is -0.358 e. The first kappa shape index (κ1) is 22.4. The summed E-state index contributed by atoms with van der Waals surface area (Å²) >= 11 is 0. The zero-order chi connectivity index (χ0) is 25.2. The molecule has 0 radical (unpaired) electrons. The van der Waals surface area contributed by atoms with Crippen LogP contribution in [-0.2, 0) is 15.0 Å². The maximum absolute atomic E-state index is 14.4. The van der Waals surface area contributed by atoms with Crippen LogP contribution in [0.25, 0.3) is 6.08 Å². The van der Waals surface area contributed by atoms with E-state index in [4.69, 9.17) is 0 Å². The van der Waals surface area contributed by atoms with Gasteiger partial charge in [-0.15, -0.1) is 0 Å². The van der Waals surface area contributed by atoms with Crippen LogP contribution < -0.4 is 5.32 Å². The number of Topliss-reactive ketones (excluding diaryl/α,β-unsaturated/α-hetero) is 2. The smallest absolute Gasteiger partial charge is 0.238 e. The number of ketones is 2. The normalized spacial score (nSPS) is 25.8. The molecule has 6 rings (SSSR count). The number of anilines is 1. The maximum Gasteiger partial charge on any atom is 0.238 e. The van der Waals surface area contributed by atoms with Gasteiger partial charge in [-0.2, -0.15) is 0 Å². The van der Waals surface area contributed by atoms with Crippen LogP contribution in [0.5, 0.6) is 0 Å². The summed E-state index contributed by atoms with van der Waals surface area (Å²) in [5.74, 6) is -1.61. The fourth-order valence-corrected chi connectivity index (χ4v) is 6.28. The molecule has 1 fully saturated rings. The fraction of sp³-hybridized carbons (Fsp3) is 0.267. The quantitative estimate of drug-likeness (QED) is 0.549. The number of fused-ring (bicyclic) bond motifs is 6. The molecule has 1 saturated heterocycles. The molecule has 36 heavy (non-hydrogen) atoms. The molecule has 1 aromatic heterocycles. The SMILES string of the molecule is CC(C)(C)C(=O)[C@@H]1[C@@H](C(=O)c2ccccn2)[C@]2(C(=O)Nc3ccccc32)[C@H]2c3ccccc3C=CN12. The molecule has 2 aromatic carbocycles. The molecule has 6 nitrogen and oxygen atoms in total. The number of nitrogens with zero attached hydrogens (tertiary/aromatic N) is 2. The molecule has 0 bridgehead atoms. The van der Waals surface area contributed by atoms with Gasteiger partial charge in [0.25, 0.3) is 0 Å². The number of rotatable bonds is 3. The van der Waals surface area contributed by atoms with Crippen molar-refractivity contribution in [3.05, 3.63) is 102 Å². The average Bonchev–Trinajstić information content (AvgIpc) is 3.35. The Labute approximate surface area is 210 Å². The van der Waals surface area contributed by atoms with E-state index in [2.05, 4.69) is 10.3 Å². The van der Waals surface area contributed by atoms with Crippen molar-refractivity contribution in [3.8, 4) is 0 Å². The van der Waals surface area contributed by atoms with Crippen molar-refractivity contribution in [2.45, 2.75) is 38.3 Å². The third-order valence-corrected chi connectivity index (χ3v) is 7.78. The van der Waals surface area contributed by atoms with E-state index >= 15 is 0 Å². The molecule has 0 unspecified atom stereocenters. The third-order valence-electron chi connectivity index (χ3n) is 7.78. The van der Waals surface area contributed by atoms with Gasteiger partial charge in [-0.25, -0.2) is 0 Å². The molecular formula is C30H27N3O3. The Hall–Kier alpha value is -4.06. The standard InChI is InChI=1S/C30H27N3O3/c1-29(2,3)27(35)24-23(25(34)22-14-8-9-16-31-22)30(20-12-6-7-13-21(20)32-28(30)36)26-19-11-5-4-10-18(19)15-17-33(24)26/h4-17,23-24,26H,1-3H3,(H,32,36)/t23-,24-,26+,30-/m0/s1. The summed E-state index contributed by atoms with van der Waals surface area (Å²) in [4.78, 5) is 49.1. The first-order valence-corrected chi connectivity index (χ1v) is 12.2. The van der Waals surface area contributed by atoms with Crippen molar-refractivity contribution >= 4 is 29.2 Å². The highest BCUT2D eigenvalue weighted by Gasteiger charge is 2.71. The van der Waals surface area contributed by atoms with Crippen LogP contribution in [0.1, 0.15) is 54.0 Å². The van der Waals surface area contributed by atoms with E-state index in [1.54, 1.807) is 24.4 Å². The van der Waals surface area contributed by atoms with Gasteiger partial charge in [0.05, 0.1) is 18.0 Å². The van der Waals surface area contributed by atoms with Gasteiger partial charge >= 0.3 is 0 Å². The molecule has 3 aliphatic rings. The lowest BCUT2D eigenvalue weighted by Crippen LogP contribution is -2.50. The summed E-state index contributed by atoms with van der Waals surface area (Å²) < 4.78 is 0. The van der Waals surface area contributed by atoms with Gasteiger partial charge in [-0.05, 0) is 41.0 Å². The average molecular weight is 478 g/mol. The lowest BCUT2D eigenvalue weighted by molar-refractivity contribution is -0.131. The minimum atomic E-state index is -1.31. The van der Waals surface area contributed by atoms with E-state index in [0.29, 0.717) is 5.69 Å². The van der Waals surface area contributed by atoms with Crippen molar-refractivity contribution in [2.24, 2.45) is 11.3 Å². The molecule has 6 heteroatoms. The highest BCUT2D eigenvalue weighted by molar-refractivity contribution is 6.15. The molecule has 0 saturated carbocycles. The van der Waals surface area contributed by atoms with Gasteiger partial charge in [-0.1, -0.05) is 69.3 Å². The van der Waals surface area contributed by atoms with Crippen LogP contribution in [0.4, 0.5) is 5.69 Å². The Bertz CT molecular complexity index is 1440. The number of benzene rings is 2. The van der Waals surface area contributed by atoms with Gasteiger partial charge in [0, 0.05) is 23.5 Å². The topological polar surface area (TPSA) is 79.4 Å². The second-order valence-electron chi connectivity index (χ2n) is 10.8. The van der Waals surface area contributed by atoms with Gasteiger partial charge in [0.1, 0.15) is 11.1 Å². The molecule has 1 amide bonds. The van der Waals surface area contributed by atoms with E-state index < -0.39 is 28.8 Å².